The van der Waals surface area contributed by atoms with Crippen molar-refractivity contribution in [3.63, 3.8) is 0 Å². The zero-order valence-corrected chi connectivity index (χ0v) is 13.9. The third-order valence-corrected chi connectivity index (χ3v) is 3.99. The first-order valence-corrected chi connectivity index (χ1v) is 7.79. The highest BCUT2D eigenvalue weighted by Gasteiger charge is 2.15. The summed E-state index contributed by atoms with van der Waals surface area (Å²) in [6, 6.07) is 8.72. The Balaban J connectivity index is 0.00000220. The lowest BCUT2D eigenvalue weighted by Gasteiger charge is -2.17. The molecule has 1 atom stereocenters. The molecule has 0 aromatic heterocycles. The second kappa shape index (κ2) is 9.29. The summed E-state index contributed by atoms with van der Waals surface area (Å²) in [6.45, 7) is 5.32. The Labute approximate surface area is 134 Å². The lowest BCUT2D eigenvalue weighted by Crippen LogP contribution is -2.36. The van der Waals surface area contributed by atoms with Gasteiger partial charge in [0.2, 0.25) is 0 Å². The first kappa shape index (κ1) is 18.3. The van der Waals surface area contributed by atoms with E-state index >= 15 is 0 Å². The molecule has 1 fully saturated rings. The molecule has 2 rings (SSSR count). The first-order valence-electron chi connectivity index (χ1n) is 7.79. The number of ether oxygens (including phenoxy) is 1. The fraction of sp³-hybridized carbons (Fsp3) is 0.647. The molecular formula is C17H28ClNO2. The quantitative estimate of drug-likeness (QED) is 0.809. The fourth-order valence-electron chi connectivity index (χ4n) is 2.63. The molecular weight excluding hydrogens is 286 g/mol. The Morgan fingerprint density at radius 2 is 1.81 bits per heavy atom. The van der Waals surface area contributed by atoms with Gasteiger partial charge in [0.25, 0.3) is 0 Å². The minimum atomic E-state index is -0.444. The van der Waals surface area contributed by atoms with E-state index in [1.807, 2.05) is 12.1 Å². The molecule has 1 saturated carbocycles. The molecule has 2 N–H and O–H groups in total. The van der Waals surface area contributed by atoms with Crippen LogP contribution in [0.4, 0.5) is 0 Å². The van der Waals surface area contributed by atoms with E-state index in [1.54, 1.807) is 0 Å². The maximum Gasteiger partial charge on any atom is 0.119 e. The van der Waals surface area contributed by atoms with Gasteiger partial charge in [-0.15, -0.1) is 12.4 Å². The topological polar surface area (TPSA) is 41.5 Å². The summed E-state index contributed by atoms with van der Waals surface area (Å²) in [4.78, 5) is 0. The molecule has 0 bridgehead atoms. The molecule has 0 aliphatic heterocycles. The number of halogens is 1. The van der Waals surface area contributed by atoms with E-state index in [0.29, 0.717) is 25.1 Å². The van der Waals surface area contributed by atoms with Crippen LogP contribution in [0.2, 0.25) is 0 Å². The predicted molar refractivity (Wildman–Crippen MR) is 89.5 cm³/mol. The van der Waals surface area contributed by atoms with Crippen LogP contribution >= 0.6 is 12.4 Å². The molecule has 1 aromatic carbocycles. The third kappa shape index (κ3) is 6.25. The van der Waals surface area contributed by atoms with Crippen LogP contribution in [0.1, 0.15) is 51.0 Å². The predicted octanol–water partition coefficient (Wildman–Crippen LogP) is 3.50. The minimum Gasteiger partial charge on any atom is -0.491 e. The number of hydrogen-bond acceptors (Lipinski definition) is 3. The molecule has 4 heteroatoms. The van der Waals surface area contributed by atoms with Gasteiger partial charge >= 0.3 is 0 Å². The fourth-order valence-corrected chi connectivity index (χ4v) is 2.63. The van der Waals surface area contributed by atoms with Gasteiger partial charge in [0.15, 0.2) is 0 Å². The van der Waals surface area contributed by atoms with Crippen molar-refractivity contribution in [2.24, 2.45) is 0 Å². The van der Waals surface area contributed by atoms with Crippen LogP contribution in [0, 0.1) is 0 Å². The van der Waals surface area contributed by atoms with Crippen LogP contribution in [0.5, 0.6) is 5.75 Å². The van der Waals surface area contributed by atoms with Crippen LogP contribution in [-0.2, 0) is 0 Å². The summed E-state index contributed by atoms with van der Waals surface area (Å²) in [7, 11) is 0. The van der Waals surface area contributed by atoms with Gasteiger partial charge in [0.05, 0.1) is 0 Å². The van der Waals surface area contributed by atoms with Crippen LogP contribution in [0.25, 0.3) is 0 Å². The first-order chi connectivity index (χ1) is 9.65. The zero-order valence-electron chi connectivity index (χ0n) is 13.0. The molecule has 1 unspecified atom stereocenters. The van der Waals surface area contributed by atoms with Gasteiger partial charge in [-0.25, -0.2) is 0 Å². The monoisotopic (exact) mass is 313 g/mol. The van der Waals surface area contributed by atoms with Crippen molar-refractivity contribution >= 4 is 12.4 Å². The molecule has 1 aromatic rings. The maximum absolute atomic E-state index is 9.93. The van der Waals surface area contributed by atoms with Gasteiger partial charge in [-0.3, -0.25) is 0 Å². The number of hydrogen-bond donors (Lipinski definition) is 2. The molecule has 0 saturated heterocycles. The SMILES string of the molecule is CC(C)c1ccc(OCC(O)CNC2CCCC2)cc1.Cl. The van der Waals surface area contributed by atoms with E-state index in [-0.39, 0.29) is 12.4 Å². The van der Waals surface area contributed by atoms with E-state index in [1.165, 1.54) is 31.2 Å². The molecule has 1 aliphatic rings. The van der Waals surface area contributed by atoms with E-state index in [9.17, 15) is 5.11 Å². The largest absolute Gasteiger partial charge is 0.491 e. The van der Waals surface area contributed by atoms with E-state index < -0.39 is 6.10 Å². The van der Waals surface area contributed by atoms with Gasteiger partial charge in [-0.1, -0.05) is 38.8 Å². The van der Waals surface area contributed by atoms with Crippen LogP contribution in [0.15, 0.2) is 24.3 Å². The normalized spacial score (nSPS) is 16.8. The highest BCUT2D eigenvalue weighted by Crippen LogP contribution is 2.19. The van der Waals surface area contributed by atoms with Crippen molar-refractivity contribution in [2.45, 2.75) is 57.6 Å². The Morgan fingerprint density at radius 1 is 1.19 bits per heavy atom. The number of benzene rings is 1. The molecule has 120 valence electrons. The van der Waals surface area contributed by atoms with Crippen molar-refractivity contribution in [2.75, 3.05) is 13.2 Å². The van der Waals surface area contributed by atoms with E-state index in [0.717, 1.165) is 5.75 Å². The summed E-state index contributed by atoms with van der Waals surface area (Å²) in [5, 5.41) is 13.3. The Morgan fingerprint density at radius 3 is 2.38 bits per heavy atom. The number of rotatable bonds is 7. The summed E-state index contributed by atoms with van der Waals surface area (Å²) in [5.74, 6) is 1.36. The van der Waals surface area contributed by atoms with Crippen molar-refractivity contribution in [1.82, 2.24) is 5.32 Å². The van der Waals surface area contributed by atoms with Gasteiger partial charge in [-0.05, 0) is 36.5 Å². The van der Waals surface area contributed by atoms with Crippen LogP contribution < -0.4 is 10.1 Å². The van der Waals surface area contributed by atoms with Crippen molar-refractivity contribution < 1.29 is 9.84 Å². The molecule has 1 aliphatic carbocycles. The number of nitrogens with one attached hydrogen (secondary N) is 1. The van der Waals surface area contributed by atoms with Crippen molar-refractivity contribution in [3.8, 4) is 5.75 Å². The molecule has 21 heavy (non-hydrogen) atoms. The van der Waals surface area contributed by atoms with Crippen molar-refractivity contribution in [1.29, 1.82) is 0 Å². The lowest BCUT2D eigenvalue weighted by molar-refractivity contribution is 0.104. The van der Waals surface area contributed by atoms with Gasteiger partial charge in [0.1, 0.15) is 18.5 Å². The standard InChI is InChI=1S/C17H27NO2.ClH/c1-13(2)14-7-9-17(10-8-14)20-12-16(19)11-18-15-5-3-4-6-15;/h7-10,13,15-16,18-19H,3-6,11-12H2,1-2H3;1H. The minimum absolute atomic E-state index is 0. The average molecular weight is 314 g/mol. The lowest BCUT2D eigenvalue weighted by atomic mass is 10.0. The van der Waals surface area contributed by atoms with E-state index in [4.69, 9.17) is 4.74 Å². The van der Waals surface area contributed by atoms with Gasteiger partial charge in [-0.2, -0.15) is 0 Å². The van der Waals surface area contributed by atoms with Gasteiger partial charge in [0, 0.05) is 12.6 Å². The summed E-state index contributed by atoms with van der Waals surface area (Å²) >= 11 is 0. The molecule has 0 heterocycles. The maximum atomic E-state index is 9.93. The molecule has 0 spiro atoms. The third-order valence-electron chi connectivity index (χ3n) is 3.99. The average Bonchev–Trinajstić information content (AvgIpc) is 2.96. The van der Waals surface area contributed by atoms with Crippen LogP contribution in [0.3, 0.4) is 0 Å². The number of aliphatic hydroxyl groups excluding tert-OH is 1. The Bertz CT molecular complexity index is 388. The number of aliphatic hydroxyl groups is 1. The molecule has 3 nitrogen and oxygen atoms in total. The molecule has 0 radical (unpaired) electrons. The smallest absolute Gasteiger partial charge is 0.119 e. The highest BCUT2D eigenvalue weighted by atomic mass is 35.5. The Hall–Kier alpha value is -0.770. The second-order valence-electron chi connectivity index (χ2n) is 6.08. The van der Waals surface area contributed by atoms with E-state index in [2.05, 4.69) is 31.3 Å². The summed E-state index contributed by atoms with van der Waals surface area (Å²) in [6.07, 6.45) is 4.66. The summed E-state index contributed by atoms with van der Waals surface area (Å²) < 4.78 is 5.63. The highest BCUT2D eigenvalue weighted by molar-refractivity contribution is 5.85. The van der Waals surface area contributed by atoms with Crippen LogP contribution in [-0.4, -0.2) is 30.4 Å². The van der Waals surface area contributed by atoms with Crippen molar-refractivity contribution in [3.05, 3.63) is 29.8 Å². The molecule has 0 amide bonds. The Kier molecular flexibility index (Phi) is 8.09. The second-order valence-corrected chi connectivity index (χ2v) is 6.08. The van der Waals surface area contributed by atoms with Gasteiger partial charge < -0.3 is 15.2 Å². The zero-order chi connectivity index (χ0) is 14.4. The summed E-state index contributed by atoms with van der Waals surface area (Å²) in [5.41, 5.74) is 1.31.